The van der Waals surface area contributed by atoms with Crippen molar-refractivity contribution in [2.75, 3.05) is 19.6 Å². The number of carboxylic acids is 1. The number of ether oxygens (including phenoxy) is 1. The molecule has 4 N–H and O–H groups in total. The third-order valence-electron chi connectivity index (χ3n) is 8.96. The molecule has 6 rings (SSSR count). The number of rotatable bonds is 8. The number of likely N-dealkylation sites (tertiary alicyclic amines) is 1. The lowest BCUT2D eigenvalue weighted by atomic mass is 9.51. The molecule has 5 aliphatic rings. The van der Waals surface area contributed by atoms with E-state index in [1.165, 1.54) is 30.5 Å². The lowest BCUT2D eigenvalue weighted by Crippen LogP contribution is -2.68. The molecule has 2 aliphatic heterocycles. The molecule has 3 aliphatic carbocycles. The SMILES string of the molecule is O=C(O)CCCNC1CC[C@H]2[C@H]3Cc4cc(CO)c(O)c5c4[C@@]2(CCN3CC2CC2)C1O5. The summed E-state index contributed by atoms with van der Waals surface area (Å²) in [5, 5.41) is 33.4. The molecule has 0 aromatic heterocycles. The monoisotopic (exact) mass is 442 g/mol. The van der Waals surface area contributed by atoms with Gasteiger partial charge in [-0.1, -0.05) is 0 Å². The lowest BCUT2D eigenvalue weighted by Gasteiger charge is -2.59. The Kier molecular flexibility index (Phi) is 4.93. The summed E-state index contributed by atoms with van der Waals surface area (Å²) in [6, 6.07) is 2.67. The van der Waals surface area contributed by atoms with Crippen molar-refractivity contribution in [3.8, 4) is 11.5 Å². The summed E-state index contributed by atoms with van der Waals surface area (Å²) >= 11 is 0. The average molecular weight is 443 g/mol. The quantitative estimate of drug-likeness (QED) is 0.458. The van der Waals surface area contributed by atoms with Gasteiger partial charge in [0.1, 0.15) is 6.10 Å². The summed E-state index contributed by atoms with van der Waals surface area (Å²) < 4.78 is 6.61. The summed E-state index contributed by atoms with van der Waals surface area (Å²) in [7, 11) is 0. The zero-order valence-electron chi connectivity index (χ0n) is 18.6. The molecule has 1 spiro atoms. The van der Waals surface area contributed by atoms with Gasteiger partial charge in [0.25, 0.3) is 0 Å². The molecule has 7 heteroatoms. The number of benzene rings is 1. The van der Waals surface area contributed by atoms with Gasteiger partial charge in [-0.05, 0) is 81.5 Å². The van der Waals surface area contributed by atoms with Gasteiger partial charge in [-0.3, -0.25) is 9.69 Å². The van der Waals surface area contributed by atoms with Crippen LogP contribution in [0.2, 0.25) is 0 Å². The standard InChI is InChI=1S/C25H34N2O5/c28-13-16-10-15-11-19-17-5-6-18(26-8-1-2-20(29)30)24-25(17,21(15)23(32-24)22(16)31)7-9-27(19)12-14-3-4-14/h10,14,17-19,24,26,28,31H,1-9,11-13H2,(H,29,30)/t17-,18?,19+,24?,25-/m0/s1. The Morgan fingerprint density at radius 2 is 2.12 bits per heavy atom. The van der Waals surface area contributed by atoms with Crippen LogP contribution in [-0.4, -0.2) is 64.0 Å². The lowest BCUT2D eigenvalue weighted by molar-refractivity contribution is -0.137. The van der Waals surface area contributed by atoms with Gasteiger partial charge in [-0.2, -0.15) is 0 Å². The first-order chi connectivity index (χ1) is 15.5. The van der Waals surface area contributed by atoms with Crippen LogP contribution < -0.4 is 10.1 Å². The Morgan fingerprint density at radius 1 is 1.28 bits per heavy atom. The number of phenols is 1. The molecule has 174 valence electrons. The zero-order valence-corrected chi connectivity index (χ0v) is 18.6. The molecule has 2 heterocycles. The van der Waals surface area contributed by atoms with Gasteiger partial charge in [0.15, 0.2) is 11.5 Å². The fourth-order valence-electron chi connectivity index (χ4n) is 7.48. The number of nitrogens with one attached hydrogen (secondary N) is 1. The van der Waals surface area contributed by atoms with Crippen LogP contribution in [0, 0.1) is 11.8 Å². The van der Waals surface area contributed by atoms with E-state index in [9.17, 15) is 15.0 Å². The molecular formula is C25H34N2O5. The highest BCUT2D eigenvalue weighted by molar-refractivity contribution is 5.66. The van der Waals surface area contributed by atoms with Gasteiger partial charge in [0, 0.05) is 41.6 Å². The van der Waals surface area contributed by atoms with Crippen molar-refractivity contribution < 1.29 is 24.9 Å². The van der Waals surface area contributed by atoms with Crippen LogP contribution in [0.3, 0.4) is 0 Å². The molecule has 2 unspecified atom stereocenters. The molecule has 1 aromatic rings. The van der Waals surface area contributed by atoms with Crippen LogP contribution in [0.1, 0.15) is 61.6 Å². The van der Waals surface area contributed by atoms with Crippen LogP contribution in [-0.2, 0) is 23.2 Å². The van der Waals surface area contributed by atoms with Crippen molar-refractivity contribution in [1.82, 2.24) is 10.2 Å². The third-order valence-corrected chi connectivity index (χ3v) is 8.96. The van der Waals surface area contributed by atoms with Gasteiger partial charge < -0.3 is 25.4 Å². The highest BCUT2D eigenvalue weighted by Gasteiger charge is 2.65. The number of aliphatic hydroxyl groups excluding tert-OH is 1. The van der Waals surface area contributed by atoms with E-state index in [0.717, 1.165) is 38.1 Å². The average Bonchev–Trinajstić information content (AvgIpc) is 3.52. The molecular weight excluding hydrogens is 408 g/mol. The Balaban J connectivity index is 1.36. The topological polar surface area (TPSA) is 102 Å². The number of nitrogens with zero attached hydrogens (tertiary/aromatic N) is 1. The van der Waals surface area contributed by atoms with Crippen molar-refractivity contribution >= 4 is 5.97 Å². The van der Waals surface area contributed by atoms with Gasteiger partial charge in [0.2, 0.25) is 0 Å². The number of hydrogen-bond donors (Lipinski definition) is 4. The molecule has 2 bridgehead atoms. The number of carbonyl (C=O) groups is 1. The number of aromatic hydroxyl groups is 1. The molecule has 7 nitrogen and oxygen atoms in total. The summed E-state index contributed by atoms with van der Waals surface area (Å²) in [6.07, 6.45) is 7.59. The summed E-state index contributed by atoms with van der Waals surface area (Å²) in [6.45, 7) is 2.74. The minimum absolute atomic E-state index is 0.0504. The van der Waals surface area contributed by atoms with E-state index in [0.29, 0.717) is 36.2 Å². The Labute approximate surface area is 188 Å². The predicted octanol–water partition coefficient (Wildman–Crippen LogP) is 2.16. The molecule has 2 saturated carbocycles. The van der Waals surface area contributed by atoms with Crippen LogP contribution in [0.15, 0.2) is 6.07 Å². The fraction of sp³-hybridized carbons (Fsp3) is 0.720. The number of aliphatic carboxylic acids is 1. The van der Waals surface area contributed by atoms with Crippen molar-refractivity contribution in [2.24, 2.45) is 11.8 Å². The largest absolute Gasteiger partial charge is 0.504 e. The first-order valence-corrected chi connectivity index (χ1v) is 12.4. The number of carboxylic acid groups (broad SMARTS) is 1. The molecule has 0 amide bonds. The second kappa shape index (κ2) is 7.61. The molecule has 3 fully saturated rings. The van der Waals surface area contributed by atoms with Gasteiger partial charge in [-0.15, -0.1) is 0 Å². The van der Waals surface area contributed by atoms with Crippen LogP contribution >= 0.6 is 0 Å². The van der Waals surface area contributed by atoms with Gasteiger partial charge >= 0.3 is 5.97 Å². The van der Waals surface area contributed by atoms with Crippen molar-refractivity contribution in [3.63, 3.8) is 0 Å². The molecule has 5 atom stereocenters. The number of aliphatic hydroxyl groups is 1. The van der Waals surface area contributed by atoms with Crippen LogP contribution in [0.5, 0.6) is 11.5 Å². The van der Waals surface area contributed by atoms with E-state index in [1.807, 2.05) is 6.07 Å². The first-order valence-electron chi connectivity index (χ1n) is 12.4. The summed E-state index contributed by atoms with van der Waals surface area (Å²) in [5.74, 6) is 1.33. The van der Waals surface area contributed by atoms with E-state index < -0.39 is 5.97 Å². The fourth-order valence-corrected chi connectivity index (χ4v) is 7.48. The number of hydrogen-bond acceptors (Lipinski definition) is 6. The first kappa shape index (κ1) is 20.8. The Hall–Kier alpha value is -1.83. The Bertz CT molecular complexity index is 931. The highest BCUT2D eigenvalue weighted by Crippen LogP contribution is 2.64. The zero-order chi connectivity index (χ0) is 22.0. The van der Waals surface area contributed by atoms with Gasteiger partial charge in [0.05, 0.1) is 6.61 Å². The van der Waals surface area contributed by atoms with E-state index in [1.54, 1.807) is 0 Å². The third kappa shape index (κ3) is 3.01. The summed E-state index contributed by atoms with van der Waals surface area (Å²) in [4.78, 5) is 13.6. The van der Waals surface area contributed by atoms with Crippen molar-refractivity contribution in [3.05, 3.63) is 22.8 Å². The smallest absolute Gasteiger partial charge is 0.303 e. The van der Waals surface area contributed by atoms with Gasteiger partial charge in [-0.25, -0.2) is 0 Å². The van der Waals surface area contributed by atoms with E-state index in [4.69, 9.17) is 9.84 Å². The predicted molar refractivity (Wildman–Crippen MR) is 118 cm³/mol. The highest BCUT2D eigenvalue weighted by atomic mass is 16.5. The minimum atomic E-state index is -0.761. The van der Waals surface area contributed by atoms with Crippen LogP contribution in [0.4, 0.5) is 0 Å². The second-order valence-electron chi connectivity index (χ2n) is 10.7. The van der Waals surface area contributed by atoms with E-state index >= 15 is 0 Å². The van der Waals surface area contributed by atoms with E-state index in [2.05, 4.69) is 10.2 Å². The van der Waals surface area contributed by atoms with Crippen molar-refractivity contribution in [2.45, 2.75) is 81.6 Å². The van der Waals surface area contributed by atoms with E-state index in [-0.39, 0.29) is 36.3 Å². The van der Waals surface area contributed by atoms with Crippen molar-refractivity contribution in [1.29, 1.82) is 0 Å². The maximum atomic E-state index is 10.9. The number of piperidine rings is 1. The normalized spacial score (nSPS) is 34.8. The molecule has 1 saturated heterocycles. The maximum Gasteiger partial charge on any atom is 0.303 e. The molecule has 1 aromatic carbocycles. The molecule has 32 heavy (non-hydrogen) atoms. The maximum absolute atomic E-state index is 10.9. The molecule has 0 radical (unpaired) electrons. The van der Waals surface area contributed by atoms with Crippen LogP contribution in [0.25, 0.3) is 0 Å². The second-order valence-corrected chi connectivity index (χ2v) is 10.7. The Morgan fingerprint density at radius 3 is 2.88 bits per heavy atom. The minimum Gasteiger partial charge on any atom is -0.504 e. The summed E-state index contributed by atoms with van der Waals surface area (Å²) in [5.41, 5.74) is 2.92.